The first-order valence-electron chi connectivity index (χ1n) is 8.23. The molecule has 20 heavy (non-hydrogen) atoms. The number of likely N-dealkylation sites (tertiary alicyclic amines) is 1. The standard InChI is InChI=1S/C16H25N3O/c1-3-14-17-16(15(20)18(14)2)7-6-12-9-19(10-13(12)16)8-11-4-5-11/h11-13H,3-10H2,1-2H3/t12-,13+,16-/m1/s1. The number of rotatable bonds is 3. The first-order valence-corrected chi connectivity index (χ1v) is 8.23. The molecule has 0 aromatic rings. The van der Waals surface area contributed by atoms with Gasteiger partial charge in [0.2, 0.25) is 0 Å². The smallest absolute Gasteiger partial charge is 0.255 e. The highest BCUT2D eigenvalue weighted by Gasteiger charge is 2.60. The lowest BCUT2D eigenvalue weighted by molar-refractivity contribution is -0.131. The summed E-state index contributed by atoms with van der Waals surface area (Å²) in [5.74, 6) is 3.39. The molecule has 2 saturated carbocycles. The summed E-state index contributed by atoms with van der Waals surface area (Å²) < 4.78 is 0. The largest absolute Gasteiger partial charge is 0.302 e. The molecule has 110 valence electrons. The second-order valence-electron chi connectivity index (χ2n) is 7.24. The average molecular weight is 275 g/mol. The van der Waals surface area contributed by atoms with E-state index in [0.717, 1.165) is 31.1 Å². The van der Waals surface area contributed by atoms with Gasteiger partial charge in [0.05, 0.1) is 0 Å². The van der Waals surface area contributed by atoms with E-state index < -0.39 is 0 Å². The van der Waals surface area contributed by atoms with E-state index in [-0.39, 0.29) is 11.4 Å². The molecule has 0 bridgehead atoms. The van der Waals surface area contributed by atoms with Gasteiger partial charge in [-0.1, -0.05) is 6.92 Å². The number of amidine groups is 1. The maximum Gasteiger partial charge on any atom is 0.255 e. The number of nitrogens with zero attached hydrogens (tertiary/aromatic N) is 3. The fourth-order valence-corrected chi connectivity index (χ4v) is 4.68. The molecule has 2 aliphatic carbocycles. The van der Waals surface area contributed by atoms with Crippen LogP contribution in [0.4, 0.5) is 0 Å². The molecule has 4 aliphatic rings. The van der Waals surface area contributed by atoms with Gasteiger partial charge in [-0.3, -0.25) is 9.79 Å². The van der Waals surface area contributed by atoms with Crippen molar-refractivity contribution < 1.29 is 4.79 Å². The lowest BCUT2D eigenvalue weighted by atomic mass is 9.85. The normalized spacial score (nSPS) is 40.8. The van der Waals surface area contributed by atoms with Gasteiger partial charge in [-0.2, -0.15) is 0 Å². The number of aliphatic imine (C=N–C) groups is 1. The SMILES string of the molecule is CCC1=N[C@@]2(CC[C@@H]3CN(CC4CC4)C[C@@H]32)C(=O)N1C. The first kappa shape index (κ1) is 12.8. The molecule has 3 fully saturated rings. The van der Waals surface area contributed by atoms with Crippen LogP contribution in [0, 0.1) is 17.8 Å². The zero-order valence-corrected chi connectivity index (χ0v) is 12.6. The van der Waals surface area contributed by atoms with Crippen LogP contribution in [0.1, 0.15) is 39.0 Å². The summed E-state index contributed by atoms with van der Waals surface area (Å²) >= 11 is 0. The van der Waals surface area contributed by atoms with Crippen LogP contribution in [0.15, 0.2) is 4.99 Å². The Morgan fingerprint density at radius 1 is 1.30 bits per heavy atom. The summed E-state index contributed by atoms with van der Waals surface area (Å²) in [5.41, 5.74) is -0.386. The fourth-order valence-electron chi connectivity index (χ4n) is 4.68. The van der Waals surface area contributed by atoms with Crippen molar-refractivity contribution in [3.8, 4) is 0 Å². The number of carbonyl (C=O) groups excluding carboxylic acids is 1. The Bertz CT molecular complexity index is 470. The van der Waals surface area contributed by atoms with E-state index in [2.05, 4.69) is 11.8 Å². The molecular formula is C16H25N3O. The highest BCUT2D eigenvalue weighted by atomic mass is 16.2. The first-order chi connectivity index (χ1) is 9.64. The Kier molecular flexibility index (Phi) is 2.75. The molecule has 2 aliphatic heterocycles. The van der Waals surface area contributed by atoms with Crippen LogP contribution in [-0.4, -0.2) is 53.8 Å². The highest BCUT2D eigenvalue weighted by Crippen LogP contribution is 2.50. The second-order valence-corrected chi connectivity index (χ2v) is 7.24. The number of hydrogen-bond donors (Lipinski definition) is 0. The van der Waals surface area contributed by atoms with E-state index >= 15 is 0 Å². The molecule has 0 unspecified atom stereocenters. The van der Waals surface area contributed by atoms with Crippen LogP contribution in [0.25, 0.3) is 0 Å². The third-order valence-corrected chi connectivity index (χ3v) is 5.95. The number of likely N-dealkylation sites (N-methyl/N-ethyl adjacent to an activating group) is 1. The minimum absolute atomic E-state index is 0.273. The lowest BCUT2D eigenvalue weighted by Crippen LogP contribution is -2.45. The number of amides is 1. The maximum absolute atomic E-state index is 12.8. The predicted molar refractivity (Wildman–Crippen MR) is 78.6 cm³/mol. The Morgan fingerprint density at radius 2 is 2.10 bits per heavy atom. The molecule has 1 saturated heterocycles. The van der Waals surface area contributed by atoms with Crippen molar-refractivity contribution in [2.24, 2.45) is 22.7 Å². The van der Waals surface area contributed by atoms with E-state index in [1.54, 1.807) is 0 Å². The van der Waals surface area contributed by atoms with Crippen molar-refractivity contribution in [1.82, 2.24) is 9.80 Å². The fraction of sp³-hybridized carbons (Fsp3) is 0.875. The van der Waals surface area contributed by atoms with E-state index in [0.29, 0.717) is 11.8 Å². The van der Waals surface area contributed by atoms with Crippen LogP contribution in [-0.2, 0) is 4.79 Å². The van der Waals surface area contributed by atoms with Gasteiger partial charge < -0.3 is 9.80 Å². The van der Waals surface area contributed by atoms with Gasteiger partial charge in [0.25, 0.3) is 5.91 Å². The molecule has 3 atom stereocenters. The van der Waals surface area contributed by atoms with E-state index in [9.17, 15) is 4.79 Å². The molecule has 4 nitrogen and oxygen atoms in total. The van der Waals surface area contributed by atoms with E-state index in [4.69, 9.17) is 4.99 Å². The van der Waals surface area contributed by atoms with Crippen molar-refractivity contribution in [2.75, 3.05) is 26.7 Å². The summed E-state index contributed by atoms with van der Waals surface area (Å²) in [6.07, 6.45) is 5.86. The van der Waals surface area contributed by atoms with Crippen LogP contribution < -0.4 is 0 Å². The average Bonchev–Trinajstić information content (AvgIpc) is 2.98. The van der Waals surface area contributed by atoms with Crippen LogP contribution >= 0.6 is 0 Å². The van der Waals surface area contributed by atoms with Crippen molar-refractivity contribution in [3.05, 3.63) is 0 Å². The van der Waals surface area contributed by atoms with Gasteiger partial charge >= 0.3 is 0 Å². The molecule has 1 amide bonds. The second kappa shape index (κ2) is 4.30. The maximum atomic E-state index is 12.8. The van der Waals surface area contributed by atoms with Crippen molar-refractivity contribution in [2.45, 2.75) is 44.6 Å². The Morgan fingerprint density at radius 3 is 2.75 bits per heavy atom. The van der Waals surface area contributed by atoms with Gasteiger partial charge in [0, 0.05) is 39.0 Å². The van der Waals surface area contributed by atoms with Gasteiger partial charge in [0.1, 0.15) is 11.4 Å². The summed E-state index contributed by atoms with van der Waals surface area (Å²) in [4.78, 5) is 22.2. The van der Waals surface area contributed by atoms with Crippen LogP contribution in [0.3, 0.4) is 0 Å². The molecule has 0 aromatic heterocycles. The third kappa shape index (κ3) is 1.70. The minimum atomic E-state index is -0.386. The number of carbonyl (C=O) groups is 1. The summed E-state index contributed by atoms with van der Waals surface area (Å²) in [6.45, 7) is 5.66. The molecule has 0 radical (unpaired) electrons. The van der Waals surface area contributed by atoms with Gasteiger partial charge in [-0.05, 0) is 37.5 Å². The zero-order chi connectivity index (χ0) is 13.9. The molecule has 4 heteroatoms. The van der Waals surface area contributed by atoms with Crippen LogP contribution in [0.2, 0.25) is 0 Å². The van der Waals surface area contributed by atoms with Crippen molar-refractivity contribution >= 4 is 11.7 Å². The molecule has 2 heterocycles. The quantitative estimate of drug-likeness (QED) is 0.787. The number of fused-ring (bicyclic) bond motifs is 2. The van der Waals surface area contributed by atoms with Gasteiger partial charge in [0.15, 0.2) is 0 Å². The highest BCUT2D eigenvalue weighted by molar-refractivity contribution is 6.08. The Labute approximate surface area is 121 Å². The summed E-state index contributed by atoms with van der Waals surface area (Å²) in [6, 6.07) is 0. The third-order valence-electron chi connectivity index (χ3n) is 5.95. The van der Waals surface area contributed by atoms with E-state index in [1.807, 2.05) is 11.9 Å². The lowest BCUT2D eigenvalue weighted by Gasteiger charge is -2.27. The summed E-state index contributed by atoms with van der Waals surface area (Å²) in [7, 11) is 1.91. The molecule has 1 spiro atoms. The Hall–Kier alpha value is -0.900. The monoisotopic (exact) mass is 275 g/mol. The molecule has 0 N–H and O–H groups in total. The number of hydrogen-bond acceptors (Lipinski definition) is 3. The zero-order valence-electron chi connectivity index (χ0n) is 12.6. The summed E-state index contributed by atoms with van der Waals surface area (Å²) in [5, 5.41) is 0. The predicted octanol–water partition coefficient (Wildman–Crippen LogP) is 1.76. The van der Waals surface area contributed by atoms with Gasteiger partial charge in [-0.25, -0.2) is 0 Å². The Balaban J connectivity index is 1.57. The van der Waals surface area contributed by atoms with E-state index in [1.165, 1.54) is 32.4 Å². The van der Waals surface area contributed by atoms with Crippen molar-refractivity contribution in [1.29, 1.82) is 0 Å². The molecule has 4 rings (SSSR count). The molecule has 0 aromatic carbocycles. The molecular weight excluding hydrogens is 250 g/mol. The minimum Gasteiger partial charge on any atom is -0.302 e. The van der Waals surface area contributed by atoms with Gasteiger partial charge in [-0.15, -0.1) is 0 Å². The topological polar surface area (TPSA) is 35.9 Å². The van der Waals surface area contributed by atoms with Crippen molar-refractivity contribution in [3.63, 3.8) is 0 Å². The van der Waals surface area contributed by atoms with Crippen LogP contribution in [0.5, 0.6) is 0 Å².